The first-order valence-electron chi connectivity index (χ1n) is 22.1. The molecule has 290 valence electrons. The highest BCUT2D eigenvalue weighted by Gasteiger charge is 2.53. The minimum absolute atomic E-state index is 0.555. The van der Waals surface area contributed by atoms with Crippen molar-refractivity contribution in [2.45, 2.75) is 5.41 Å². The molecule has 0 saturated carbocycles. The van der Waals surface area contributed by atoms with E-state index in [1.807, 2.05) is 0 Å². The van der Waals surface area contributed by atoms with Crippen LogP contribution in [-0.2, 0) is 5.41 Å². The molecule has 0 aliphatic heterocycles. The van der Waals surface area contributed by atoms with E-state index >= 15 is 0 Å². The summed E-state index contributed by atoms with van der Waals surface area (Å²) in [6.45, 7) is 0. The van der Waals surface area contributed by atoms with Crippen LogP contribution in [0.4, 0.5) is 0 Å². The average molecular weight is 795 g/mol. The lowest BCUT2D eigenvalue weighted by Crippen LogP contribution is -2.26. The summed E-state index contributed by atoms with van der Waals surface area (Å²) in [5.41, 5.74) is 17.8. The van der Waals surface area contributed by atoms with Gasteiger partial charge in [-0.05, 0) is 138 Å². The zero-order chi connectivity index (χ0) is 41.2. The first-order valence-corrected chi connectivity index (χ1v) is 22.1. The normalized spacial score (nSPS) is 13.2. The third-order valence-electron chi connectivity index (χ3n) is 14.4. The van der Waals surface area contributed by atoms with Gasteiger partial charge in [0, 0.05) is 0 Å². The molecule has 0 atom stereocenters. The fourth-order valence-electron chi connectivity index (χ4n) is 12.1. The molecule has 0 saturated heterocycles. The van der Waals surface area contributed by atoms with E-state index in [4.69, 9.17) is 0 Å². The fourth-order valence-corrected chi connectivity index (χ4v) is 12.1. The number of rotatable bonds is 3. The van der Waals surface area contributed by atoms with E-state index in [9.17, 15) is 0 Å². The Morgan fingerprint density at radius 2 is 0.571 bits per heavy atom. The first-order chi connectivity index (χ1) is 31.3. The Balaban J connectivity index is 1.19. The Labute approximate surface area is 366 Å². The topological polar surface area (TPSA) is 0 Å². The third-order valence-corrected chi connectivity index (χ3v) is 14.4. The molecular weight excluding hydrogens is 757 g/mol. The van der Waals surface area contributed by atoms with Gasteiger partial charge in [0.25, 0.3) is 0 Å². The maximum atomic E-state index is 2.63. The third kappa shape index (κ3) is 4.49. The fraction of sp³-hybridized carbons (Fsp3) is 0.0159. The van der Waals surface area contributed by atoms with Gasteiger partial charge in [0.15, 0.2) is 0 Å². The van der Waals surface area contributed by atoms with Crippen LogP contribution in [0.1, 0.15) is 22.3 Å². The molecule has 0 heteroatoms. The molecule has 12 aromatic rings. The van der Waals surface area contributed by atoms with Gasteiger partial charge in [-0.1, -0.05) is 224 Å². The van der Waals surface area contributed by atoms with Crippen molar-refractivity contribution >= 4 is 53.9 Å². The van der Waals surface area contributed by atoms with Gasteiger partial charge in [0.2, 0.25) is 0 Å². The van der Waals surface area contributed by atoms with Gasteiger partial charge in [-0.3, -0.25) is 0 Å². The van der Waals surface area contributed by atoms with Crippen molar-refractivity contribution in [3.8, 4) is 55.6 Å². The number of benzene rings is 12. The maximum absolute atomic E-state index is 2.63. The van der Waals surface area contributed by atoms with Gasteiger partial charge in [-0.25, -0.2) is 0 Å². The van der Waals surface area contributed by atoms with Gasteiger partial charge in [0.05, 0.1) is 5.41 Å². The van der Waals surface area contributed by atoms with Crippen LogP contribution in [0.3, 0.4) is 0 Å². The summed E-state index contributed by atoms with van der Waals surface area (Å²) in [6, 6.07) is 86.7. The largest absolute Gasteiger partial charge is 0.0732 e. The second-order valence-electron chi connectivity index (χ2n) is 17.3. The highest BCUT2D eigenvalue weighted by molar-refractivity contribution is 6.28. The van der Waals surface area contributed by atoms with Crippen LogP contribution >= 0.6 is 0 Å². The standard InChI is InChI=1S/C63H38/c1-2-20-39(21-3-1)40-22-4-8-28-46(40)58-49-31-11-13-33-51(49)59(52-34-14-12-32-50(52)58)54-38-57-60(47-29-9-6-25-43(47)54)61-48-30-10-5-23-41(48)42-24-7-15-35-53(42)62(61)63(57)55-36-18-16-26-44(55)45-27-17-19-37-56(45)63/h1-38H. The van der Waals surface area contributed by atoms with Gasteiger partial charge in [-0.15, -0.1) is 0 Å². The summed E-state index contributed by atoms with van der Waals surface area (Å²) < 4.78 is 0. The van der Waals surface area contributed by atoms with E-state index in [-0.39, 0.29) is 0 Å². The molecule has 63 heavy (non-hydrogen) atoms. The zero-order valence-electron chi connectivity index (χ0n) is 34.4. The number of fused-ring (bicyclic) bond motifs is 19. The van der Waals surface area contributed by atoms with Crippen LogP contribution in [0.25, 0.3) is 109 Å². The molecule has 0 fully saturated rings. The smallest absolute Gasteiger partial charge is 0.0622 e. The molecule has 1 spiro atoms. The summed E-state index contributed by atoms with van der Waals surface area (Å²) >= 11 is 0. The Morgan fingerprint density at radius 3 is 1.13 bits per heavy atom. The van der Waals surface area contributed by atoms with Gasteiger partial charge < -0.3 is 0 Å². The second kappa shape index (κ2) is 13.0. The van der Waals surface area contributed by atoms with Crippen molar-refractivity contribution in [3.63, 3.8) is 0 Å². The lowest BCUT2D eigenvalue weighted by atomic mass is 9.68. The van der Waals surface area contributed by atoms with E-state index in [0.29, 0.717) is 0 Å². The summed E-state index contributed by atoms with van der Waals surface area (Å²) in [6.07, 6.45) is 0. The number of hydrogen-bond donors (Lipinski definition) is 0. The first kappa shape index (κ1) is 34.6. The van der Waals surface area contributed by atoms with E-state index in [2.05, 4.69) is 231 Å². The molecule has 12 aromatic carbocycles. The predicted molar refractivity (Wildman–Crippen MR) is 267 cm³/mol. The van der Waals surface area contributed by atoms with E-state index in [1.165, 1.54) is 132 Å². The summed E-state index contributed by atoms with van der Waals surface area (Å²) in [4.78, 5) is 0. The average Bonchev–Trinajstić information content (AvgIpc) is 3.84. The van der Waals surface area contributed by atoms with E-state index < -0.39 is 5.41 Å². The molecule has 0 N–H and O–H groups in total. The minimum Gasteiger partial charge on any atom is -0.0622 e. The highest BCUT2D eigenvalue weighted by atomic mass is 14.5. The van der Waals surface area contributed by atoms with Gasteiger partial charge in [0.1, 0.15) is 0 Å². The van der Waals surface area contributed by atoms with Gasteiger partial charge in [-0.2, -0.15) is 0 Å². The van der Waals surface area contributed by atoms with E-state index in [0.717, 1.165) is 0 Å². The SMILES string of the molecule is c1ccc(-c2ccccc2-c2c3ccccc3c(-c3cc4c(c5ccccc35)-c3c(c5ccccc5c5ccccc35)C43c4ccccc4-c4ccccc43)c3ccccc23)cc1. The maximum Gasteiger partial charge on any atom is 0.0732 e. The van der Waals surface area contributed by atoms with Crippen molar-refractivity contribution in [1.82, 2.24) is 0 Å². The highest BCUT2D eigenvalue weighted by Crippen LogP contribution is 2.67. The molecule has 0 unspecified atom stereocenters. The van der Waals surface area contributed by atoms with Crippen LogP contribution in [0, 0.1) is 0 Å². The van der Waals surface area contributed by atoms with Crippen LogP contribution in [-0.4, -0.2) is 0 Å². The predicted octanol–water partition coefficient (Wildman–Crippen LogP) is 16.8. The lowest BCUT2D eigenvalue weighted by molar-refractivity contribution is 0.803. The van der Waals surface area contributed by atoms with Gasteiger partial charge >= 0.3 is 0 Å². The van der Waals surface area contributed by atoms with Crippen molar-refractivity contribution in [2.75, 3.05) is 0 Å². The van der Waals surface area contributed by atoms with Crippen LogP contribution in [0.2, 0.25) is 0 Å². The van der Waals surface area contributed by atoms with Crippen molar-refractivity contribution in [3.05, 3.63) is 253 Å². The molecule has 0 heterocycles. The summed E-state index contributed by atoms with van der Waals surface area (Å²) in [5, 5.41) is 12.8. The Kier molecular flexibility index (Phi) is 7.13. The van der Waals surface area contributed by atoms with Crippen molar-refractivity contribution < 1.29 is 0 Å². The molecule has 2 aliphatic carbocycles. The Morgan fingerprint density at radius 1 is 0.206 bits per heavy atom. The number of hydrogen-bond acceptors (Lipinski definition) is 0. The van der Waals surface area contributed by atoms with Crippen molar-refractivity contribution in [2.24, 2.45) is 0 Å². The van der Waals surface area contributed by atoms with E-state index in [1.54, 1.807) is 0 Å². The zero-order valence-corrected chi connectivity index (χ0v) is 34.4. The molecule has 14 rings (SSSR count). The summed E-state index contributed by atoms with van der Waals surface area (Å²) in [7, 11) is 0. The molecule has 0 aromatic heterocycles. The monoisotopic (exact) mass is 794 g/mol. The summed E-state index contributed by atoms with van der Waals surface area (Å²) in [5.74, 6) is 0. The second-order valence-corrected chi connectivity index (χ2v) is 17.3. The van der Waals surface area contributed by atoms with Crippen LogP contribution in [0.5, 0.6) is 0 Å². The minimum atomic E-state index is -0.555. The Bertz CT molecular complexity index is 3800. The molecule has 0 bridgehead atoms. The van der Waals surface area contributed by atoms with Crippen LogP contribution in [0.15, 0.2) is 231 Å². The van der Waals surface area contributed by atoms with Crippen LogP contribution < -0.4 is 0 Å². The molecule has 0 amide bonds. The quantitative estimate of drug-likeness (QED) is 0.123. The lowest BCUT2D eigenvalue weighted by Gasteiger charge is -2.32. The molecule has 2 aliphatic rings. The Hall–Kier alpha value is -8.06. The van der Waals surface area contributed by atoms with Crippen molar-refractivity contribution in [1.29, 1.82) is 0 Å². The molecule has 0 nitrogen and oxygen atoms in total. The molecular formula is C63H38. The molecule has 0 radical (unpaired) electrons.